The molecule has 0 radical (unpaired) electrons. The first-order chi connectivity index (χ1) is 5.54. The number of pyridine rings is 1. The first kappa shape index (κ1) is 9.18. The Kier molecular flexibility index (Phi) is 2.46. The number of anilines is 1. The largest absolute Gasteiger partial charge is 0.505 e. The Bertz CT molecular complexity index is 306. The molecule has 1 aromatic rings. The lowest BCUT2D eigenvalue weighted by Gasteiger charge is -2.06. The van der Waals surface area contributed by atoms with Gasteiger partial charge in [0, 0.05) is 0 Å². The lowest BCUT2D eigenvalue weighted by molar-refractivity contribution is 0.150. The van der Waals surface area contributed by atoms with Crippen LogP contribution in [0.4, 0.5) is 14.6 Å². The fourth-order valence-electron chi connectivity index (χ4n) is 0.715. The fourth-order valence-corrected chi connectivity index (χ4v) is 1.19. The van der Waals surface area contributed by atoms with Crippen molar-refractivity contribution in [3.05, 3.63) is 16.2 Å². The van der Waals surface area contributed by atoms with Gasteiger partial charge in [0.15, 0.2) is 0 Å². The van der Waals surface area contributed by atoms with E-state index in [2.05, 4.69) is 20.9 Å². The third-order valence-corrected chi connectivity index (χ3v) is 2.11. The van der Waals surface area contributed by atoms with E-state index in [0.29, 0.717) is 0 Å². The molecule has 1 heterocycles. The first-order valence-corrected chi connectivity index (χ1v) is 3.74. The van der Waals surface area contributed by atoms with Gasteiger partial charge in [0.2, 0.25) is 0 Å². The summed E-state index contributed by atoms with van der Waals surface area (Å²) >= 11 is 2.78. The minimum Gasteiger partial charge on any atom is -0.505 e. The summed E-state index contributed by atoms with van der Waals surface area (Å²) in [5, 5.41) is 8.98. The predicted molar refractivity (Wildman–Crippen MR) is 43.0 cm³/mol. The molecule has 1 rings (SSSR count). The van der Waals surface area contributed by atoms with Crippen LogP contribution in [0.2, 0.25) is 0 Å². The maximum absolute atomic E-state index is 12.2. The number of rotatable bonds is 1. The van der Waals surface area contributed by atoms with Crippen molar-refractivity contribution in [3.8, 4) is 5.75 Å². The molecule has 0 saturated carbocycles. The van der Waals surface area contributed by atoms with E-state index in [1.165, 1.54) is 0 Å². The zero-order chi connectivity index (χ0) is 9.30. The Morgan fingerprint density at radius 1 is 1.58 bits per heavy atom. The van der Waals surface area contributed by atoms with E-state index in [-0.39, 0.29) is 16.0 Å². The van der Waals surface area contributed by atoms with Crippen LogP contribution in [0.25, 0.3) is 0 Å². The third kappa shape index (κ3) is 1.47. The molecule has 6 heteroatoms. The minimum atomic E-state index is -2.75. The lowest BCUT2D eigenvalue weighted by atomic mass is 10.2. The van der Waals surface area contributed by atoms with Gasteiger partial charge in [-0.3, -0.25) is 0 Å². The van der Waals surface area contributed by atoms with Crippen LogP contribution >= 0.6 is 15.9 Å². The molecule has 0 aliphatic heterocycles. The maximum Gasteiger partial charge on any atom is 0.268 e. The quantitative estimate of drug-likeness (QED) is 0.788. The van der Waals surface area contributed by atoms with Crippen LogP contribution in [-0.4, -0.2) is 10.1 Å². The van der Waals surface area contributed by atoms with E-state index in [9.17, 15) is 8.78 Å². The molecule has 0 spiro atoms. The van der Waals surface area contributed by atoms with Crippen molar-refractivity contribution in [2.45, 2.75) is 6.43 Å². The molecule has 0 unspecified atom stereocenters. The Morgan fingerprint density at radius 2 is 2.17 bits per heavy atom. The number of nitrogens with two attached hydrogens (primary N) is 1. The summed E-state index contributed by atoms with van der Waals surface area (Å²) in [6, 6.07) is 0. The number of aromatic nitrogens is 1. The van der Waals surface area contributed by atoms with E-state index >= 15 is 0 Å². The zero-order valence-corrected chi connectivity index (χ0v) is 7.35. The van der Waals surface area contributed by atoms with Crippen LogP contribution < -0.4 is 5.73 Å². The van der Waals surface area contributed by atoms with Gasteiger partial charge >= 0.3 is 0 Å². The molecule has 0 aliphatic rings. The Hall–Kier alpha value is -0.910. The Labute approximate surface area is 75.3 Å². The van der Waals surface area contributed by atoms with Crippen molar-refractivity contribution in [1.29, 1.82) is 0 Å². The summed E-state index contributed by atoms with van der Waals surface area (Å²) in [5.41, 5.74) is 4.68. The van der Waals surface area contributed by atoms with Gasteiger partial charge < -0.3 is 10.8 Å². The summed E-state index contributed by atoms with van der Waals surface area (Å²) in [4.78, 5) is 3.38. The highest BCUT2D eigenvalue weighted by Crippen LogP contribution is 2.36. The molecule has 0 aliphatic carbocycles. The molecule has 12 heavy (non-hydrogen) atoms. The normalized spacial score (nSPS) is 10.7. The van der Waals surface area contributed by atoms with Crippen molar-refractivity contribution in [1.82, 2.24) is 4.98 Å². The lowest BCUT2D eigenvalue weighted by Crippen LogP contribution is -1.99. The Balaban J connectivity index is 3.33. The standard InChI is InChI=1S/C6H5BrF2N2O/c7-4-2(12)1-11-6(10)3(4)5(8)9/h1,5,12H,(H2,10,11). The van der Waals surface area contributed by atoms with Crippen molar-refractivity contribution < 1.29 is 13.9 Å². The van der Waals surface area contributed by atoms with Gasteiger partial charge in [-0.15, -0.1) is 0 Å². The molecule has 0 fully saturated rings. The van der Waals surface area contributed by atoms with E-state index in [4.69, 9.17) is 10.8 Å². The highest BCUT2D eigenvalue weighted by molar-refractivity contribution is 9.10. The highest BCUT2D eigenvalue weighted by atomic mass is 79.9. The van der Waals surface area contributed by atoms with Crippen LogP contribution in [0.1, 0.15) is 12.0 Å². The van der Waals surface area contributed by atoms with E-state index in [0.717, 1.165) is 6.20 Å². The summed E-state index contributed by atoms with van der Waals surface area (Å²) in [6.07, 6.45) is -1.75. The number of nitrogen functional groups attached to an aromatic ring is 1. The fraction of sp³-hybridized carbons (Fsp3) is 0.167. The molecular formula is C6H5BrF2N2O. The number of alkyl halides is 2. The van der Waals surface area contributed by atoms with Gasteiger partial charge in [-0.1, -0.05) is 0 Å². The third-order valence-electron chi connectivity index (χ3n) is 1.28. The van der Waals surface area contributed by atoms with Gasteiger partial charge in [-0.05, 0) is 15.9 Å². The van der Waals surface area contributed by atoms with Gasteiger partial charge in [-0.2, -0.15) is 0 Å². The van der Waals surface area contributed by atoms with Crippen molar-refractivity contribution in [2.24, 2.45) is 0 Å². The maximum atomic E-state index is 12.2. The SMILES string of the molecule is Nc1ncc(O)c(Br)c1C(F)F. The molecule has 0 bridgehead atoms. The first-order valence-electron chi connectivity index (χ1n) is 2.95. The van der Waals surface area contributed by atoms with Crippen LogP contribution in [0, 0.1) is 0 Å². The average molecular weight is 239 g/mol. The van der Waals surface area contributed by atoms with Crippen molar-refractivity contribution >= 4 is 21.7 Å². The number of hydrogen-bond donors (Lipinski definition) is 2. The summed E-state index contributed by atoms with van der Waals surface area (Å²) < 4.78 is 24.3. The molecule has 66 valence electrons. The van der Waals surface area contributed by atoms with E-state index in [1.807, 2.05) is 0 Å². The van der Waals surface area contributed by atoms with Crippen molar-refractivity contribution in [2.75, 3.05) is 5.73 Å². The number of aromatic hydroxyl groups is 1. The average Bonchev–Trinajstić information content (AvgIpc) is 1.97. The van der Waals surface area contributed by atoms with E-state index in [1.54, 1.807) is 0 Å². The second kappa shape index (κ2) is 3.22. The minimum absolute atomic E-state index is 0.106. The van der Waals surface area contributed by atoms with Gasteiger partial charge in [-0.25, -0.2) is 13.8 Å². The van der Waals surface area contributed by atoms with Crippen LogP contribution in [0.15, 0.2) is 10.7 Å². The molecule has 0 aromatic carbocycles. The predicted octanol–water partition coefficient (Wildman–Crippen LogP) is 2.07. The van der Waals surface area contributed by atoms with Gasteiger partial charge in [0.05, 0.1) is 16.2 Å². The number of halogens is 3. The molecule has 0 saturated heterocycles. The monoisotopic (exact) mass is 238 g/mol. The highest BCUT2D eigenvalue weighted by Gasteiger charge is 2.18. The topological polar surface area (TPSA) is 59.1 Å². The van der Waals surface area contributed by atoms with Crippen LogP contribution in [-0.2, 0) is 0 Å². The second-order valence-electron chi connectivity index (χ2n) is 2.06. The summed E-state index contributed by atoms with van der Waals surface area (Å²) in [7, 11) is 0. The molecule has 0 atom stereocenters. The Morgan fingerprint density at radius 3 is 2.58 bits per heavy atom. The molecular weight excluding hydrogens is 234 g/mol. The molecule has 1 aromatic heterocycles. The van der Waals surface area contributed by atoms with Gasteiger partial charge in [0.25, 0.3) is 6.43 Å². The van der Waals surface area contributed by atoms with E-state index < -0.39 is 12.0 Å². The molecule has 3 N–H and O–H groups in total. The van der Waals surface area contributed by atoms with Crippen LogP contribution in [0.3, 0.4) is 0 Å². The number of hydrogen-bond acceptors (Lipinski definition) is 3. The van der Waals surface area contributed by atoms with Gasteiger partial charge in [0.1, 0.15) is 11.6 Å². The second-order valence-corrected chi connectivity index (χ2v) is 2.85. The van der Waals surface area contributed by atoms with Crippen molar-refractivity contribution in [3.63, 3.8) is 0 Å². The van der Waals surface area contributed by atoms with Crippen LogP contribution in [0.5, 0.6) is 5.75 Å². The summed E-state index contributed by atoms with van der Waals surface area (Å²) in [5.74, 6) is -0.630. The zero-order valence-electron chi connectivity index (χ0n) is 5.76. The molecule has 3 nitrogen and oxygen atoms in total. The summed E-state index contributed by atoms with van der Waals surface area (Å²) in [6.45, 7) is 0. The smallest absolute Gasteiger partial charge is 0.268 e. The number of nitrogens with zero attached hydrogens (tertiary/aromatic N) is 1. The molecule has 0 amide bonds.